The maximum absolute atomic E-state index is 3.56. The standard InChI is InChI=1S/C11H8Br2/c1-7-2-4-9-8(6-7)3-5-10(12)11(9)13/h2-6H,1H3. The molecular formula is C11H8Br2. The number of hydrogen-bond acceptors (Lipinski definition) is 0. The van der Waals surface area contributed by atoms with Crippen LogP contribution in [0.3, 0.4) is 0 Å². The first-order valence-electron chi connectivity index (χ1n) is 4.03. The van der Waals surface area contributed by atoms with E-state index in [1.54, 1.807) is 0 Å². The van der Waals surface area contributed by atoms with E-state index in [9.17, 15) is 0 Å². The molecule has 13 heavy (non-hydrogen) atoms. The first-order chi connectivity index (χ1) is 6.18. The fraction of sp³-hybridized carbons (Fsp3) is 0.0909. The predicted octanol–water partition coefficient (Wildman–Crippen LogP) is 4.67. The summed E-state index contributed by atoms with van der Waals surface area (Å²) in [6.07, 6.45) is 0. The molecule has 66 valence electrons. The van der Waals surface area contributed by atoms with Gasteiger partial charge in [0, 0.05) is 8.95 Å². The minimum absolute atomic E-state index is 1.10. The highest BCUT2D eigenvalue weighted by atomic mass is 79.9. The second kappa shape index (κ2) is 3.43. The molecule has 0 atom stereocenters. The Morgan fingerprint density at radius 2 is 1.77 bits per heavy atom. The van der Waals surface area contributed by atoms with E-state index in [0.717, 1.165) is 8.95 Å². The van der Waals surface area contributed by atoms with E-state index in [4.69, 9.17) is 0 Å². The van der Waals surface area contributed by atoms with E-state index in [1.165, 1.54) is 16.3 Å². The van der Waals surface area contributed by atoms with E-state index in [-0.39, 0.29) is 0 Å². The van der Waals surface area contributed by atoms with Gasteiger partial charge in [-0.3, -0.25) is 0 Å². The Bertz CT molecular complexity index is 461. The van der Waals surface area contributed by atoms with Gasteiger partial charge in [-0.05, 0) is 55.6 Å². The maximum Gasteiger partial charge on any atom is 0.0395 e. The second-order valence-electron chi connectivity index (χ2n) is 3.09. The number of rotatable bonds is 0. The van der Waals surface area contributed by atoms with Crippen LogP contribution in [0.4, 0.5) is 0 Å². The summed E-state index contributed by atoms with van der Waals surface area (Å²) < 4.78 is 2.23. The van der Waals surface area contributed by atoms with Crippen molar-refractivity contribution in [3.63, 3.8) is 0 Å². The van der Waals surface area contributed by atoms with Crippen molar-refractivity contribution < 1.29 is 0 Å². The number of hydrogen-bond donors (Lipinski definition) is 0. The lowest BCUT2D eigenvalue weighted by atomic mass is 10.1. The third-order valence-corrected chi connectivity index (χ3v) is 4.11. The topological polar surface area (TPSA) is 0 Å². The molecule has 0 aliphatic heterocycles. The summed E-state index contributed by atoms with van der Waals surface area (Å²) in [5.41, 5.74) is 1.29. The molecule has 2 heteroatoms. The molecule has 0 N–H and O–H groups in total. The summed E-state index contributed by atoms with van der Waals surface area (Å²) in [5, 5.41) is 2.52. The molecule has 2 aromatic carbocycles. The van der Waals surface area contributed by atoms with Gasteiger partial charge in [-0.25, -0.2) is 0 Å². The molecule has 0 aromatic heterocycles. The van der Waals surface area contributed by atoms with Crippen molar-refractivity contribution in [2.75, 3.05) is 0 Å². The van der Waals surface area contributed by atoms with Crippen LogP contribution in [0.5, 0.6) is 0 Å². The maximum atomic E-state index is 3.56. The van der Waals surface area contributed by atoms with E-state index >= 15 is 0 Å². The predicted molar refractivity (Wildman–Crippen MR) is 64.1 cm³/mol. The largest absolute Gasteiger partial charge is 0.0586 e. The lowest BCUT2D eigenvalue weighted by Crippen LogP contribution is -1.78. The highest BCUT2D eigenvalue weighted by Gasteiger charge is 2.01. The van der Waals surface area contributed by atoms with Crippen molar-refractivity contribution in [3.05, 3.63) is 44.8 Å². The smallest absolute Gasteiger partial charge is 0.0395 e. The fourth-order valence-electron chi connectivity index (χ4n) is 1.38. The average molecular weight is 300 g/mol. The van der Waals surface area contributed by atoms with Gasteiger partial charge in [0.2, 0.25) is 0 Å². The van der Waals surface area contributed by atoms with E-state index in [0.29, 0.717) is 0 Å². The van der Waals surface area contributed by atoms with Crippen LogP contribution in [0.15, 0.2) is 39.3 Å². The molecule has 0 spiro atoms. The molecular weight excluding hydrogens is 292 g/mol. The van der Waals surface area contributed by atoms with Crippen molar-refractivity contribution in [3.8, 4) is 0 Å². The molecule has 2 aromatic rings. The van der Waals surface area contributed by atoms with Crippen LogP contribution in [-0.4, -0.2) is 0 Å². The first kappa shape index (κ1) is 9.22. The van der Waals surface area contributed by atoms with Crippen molar-refractivity contribution in [2.45, 2.75) is 6.92 Å². The van der Waals surface area contributed by atoms with E-state index < -0.39 is 0 Å². The molecule has 0 heterocycles. The van der Waals surface area contributed by atoms with Gasteiger partial charge < -0.3 is 0 Å². The second-order valence-corrected chi connectivity index (χ2v) is 4.73. The minimum atomic E-state index is 1.10. The zero-order valence-electron chi connectivity index (χ0n) is 7.14. The number of benzene rings is 2. The fourth-order valence-corrected chi connectivity index (χ4v) is 2.22. The van der Waals surface area contributed by atoms with Gasteiger partial charge in [0.25, 0.3) is 0 Å². The highest BCUT2D eigenvalue weighted by Crippen LogP contribution is 2.31. The van der Waals surface area contributed by atoms with Crippen molar-refractivity contribution in [1.29, 1.82) is 0 Å². The monoisotopic (exact) mass is 298 g/mol. The summed E-state index contributed by atoms with van der Waals surface area (Å²) in [6, 6.07) is 10.6. The van der Waals surface area contributed by atoms with Gasteiger partial charge in [0.1, 0.15) is 0 Å². The van der Waals surface area contributed by atoms with Crippen LogP contribution in [0, 0.1) is 6.92 Å². The summed E-state index contributed by atoms with van der Waals surface area (Å²) in [5.74, 6) is 0. The van der Waals surface area contributed by atoms with Gasteiger partial charge in [-0.1, -0.05) is 29.8 Å². The summed E-state index contributed by atoms with van der Waals surface area (Å²) in [7, 11) is 0. The molecule has 2 rings (SSSR count). The Kier molecular flexibility index (Phi) is 2.43. The molecule has 0 amide bonds. The van der Waals surface area contributed by atoms with Crippen molar-refractivity contribution in [1.82, 2.24) is 0 Å². The Hall–Kier alpha value is -0.340. The van der Waals surface area contributed by atoms with Crippen LogP contribution in [-0.2, 0) is 0 Å². The lowest BCUT2D eigenvalue weighted by Gasteiger charge is -2.03. The Morgan fingerprint density at radius 3 is 2.54 bits per heavy atom. The third kappa shape index (κ3) is 1.65. The van der Waals surface area contributed by atoms with Crippen molar-refractivity contribution >= 4 is 42.6 Å². The molecule has 0 nitrogen and oxygen atoms in total. The Labute approximate surface area is 94.2 Å². The Balaban J connectivity index is 2.87. The van der Waals surface area contributed by atoms with E-state index in [2.05, 4.69) is 69.1 Å². The molecule has 0 aliphatic carbocycles. The van der Waals surface area contributed by atoms with Gasteiger partial charge in [-0.15, -0.1) is 0 Å². The van der Waals surface area contributed by atoms with Gasteiger partial charge in [-0.2, -0.15) is 0 Å². The zero-order valence-corrected chi connectivity index (χ0v) is 10.3. The highest BCUT2D eigenvalue weighted by molar-refractivity contribution is 9.13. The van der Waals surface area contributed by atoms with Crippen LogP contribution < -0.4 is 0 Å². The third-order valence-electron chi connectivity index (χ3n) is 2.06. The van der Waals surface area contributed by atoms with Crippen LogP contribution in [0.2, 0.25) is 0 Å². The summed E-state index contributed by atoms with van der Waals surface area (Å²) in [6.45, 7) is 2.11. The molecule has 0 saturated carbocycles. The van der Waals surface area contributed by atoms with Gasteiger partial charge >= 0.3 is 0 Å². The molecule has 0 aliphatic rings. The lowest BCUT2D eigenvalue weighted by molar-refractivity contribution is 1.50. The molecule has 0 unspecified atom stereocenters. The number of aryl methyl sites for hydroxylation is 1. The number of halogens is 2. The normalized spacial score (nSPS) is 10.7. The molecule has 0 fully saturated rings. The molecule has 0 bridgehead atoms. The minimum Gasteiger partial charge on any atom is -0.0586 e. The van der Waals surface area contributed by atoms with Crippen LogP contribution in [0.1, 0.15) is 5.56 Å². The van der Waals surface area contributed by atoms with Crippen molar-refractivity contribution in [2.24, 2.45) is 0 Å². The Morgan fingerprint density at radius 1 is 1.00 bits per heavy atom. The molecule has 0 radical (unpaired) electrons. The van der Waals surface area contributed by atoms with E-state index in [1.807, 2.05) is 0 Å². The van der Waals surface area contributed by atoms with Gasteiger partial charge in [0.05, 0.1) is 0 Å². The summed E-state index contributed by atoms with van der Waals surface area (Å²) >= 11 is 7.05. The molecule has 0 saturated heterocycles. The SMILES string of the molecule is Cc1ccc2c(Br)c(Br)ccc2c1. The van der Waals surface area contributed by atoms with Crippen LogP contribution in [0.25, 0.3) is 10.8 Å². The number of fused-ring (bicyclic) bond motifs is 1. The average Bonchev–Trinajstić information content (AvgIpc) is 2.12. The first-order valence-corrected chi connectivity index (χ1v) is 5.61. The zero-order chi connectivity index (χ0) is 9.42. The van der Waals surface area contributed by atoms with Crippen LogP contribution >= 0.6 is 31.9 Å². The quantitative estimate of drug-likeness (QED) is 0.663. The van der Waals surface area contributed by atoms with Gasteiger partial charge in [0.15, 0.2) is 0 Å². The summed E-state index contributed by atoms with van der Waals surface area (Å²) in [4.78, 5) is 0.